The van der Waals surface area contributed by atoms with Gasteiger partial charge in [0.2, 0.25) is 0 Å². The summed E-state index contributed by atoms with van der Waals surface area (Å²) in [7, 11) is 1.70. The normalized spacial score (nSPS) is 12.6. The lowest BCUT2D eigenvalue weighted by Crippen LogP contribution is -2.18. The minimum Gasteiger partial charge on any atom is -0.381 e. The molecule has 0 saturated heterocycles. The first-order valence-corrected chi connectivity index (χ1v) is 5.04. The van der Waals surface area contributed by atoms with Crippen molar-refractivity contribution < 1.29 is 4.74 Å². The second-order valence-electron chi connectivity index (χ2n) is 3.41. The van der Waals surface area contributed by atoms with Gasteiger partial charge in [0.1, 0.15) is 0 Å². The molecule has 3 heteroatoms. The molecule has 1 atom stereocenters. The van der Waals surface area contributed by atoms with E-state index in [0.717, 1.165) is 17.3 Å². The molecule has 0 fully saturated rings. The van der Waals surface area contributed by atoms with Gasteiger partial charge in [0, 0.05) is 13.7 Å². The molecule has 0 saturated carbocycles. The SMILES string of the molecule is COC(C)CNc1cc(C)ccc1Cl. The largest absolute Gasteiger partial charge is 0.381 e. The molecule has 0 spiro atoms. The van der Waals surface area contributed by atoms with E-state index in [-0.39, 0.29) is 6.10 Å². The molecule has 0 aliphatic heterocycles. The molecule has 1 rings (SSSR count). The van der Waals surface area contributed by atoms with Crippen molar-refractivity contribution in [1.82, 2.24) is 0 Å². The van der Waals surface area contributed by atoms with Crippen molar-refractivity contribution in [3.8, 4) is 0 Å². The number of halogens is 1. The zero-order valence-corrected chi connectivity index (χ0v) is 9.56. The number of methoxy groups -OCH3 is 1. The van der Waals surface area contributed by atoms with Crippen LogP contribution in [-0.4, -0.2) is 19.8 Å². The number of anilines is 1. The van der Waals surface area contributed by atoms with Gasteiger partial charge in [0.25, 0.3) is 0 Å². The highest BCUT2D eigenvalue weighted by Crippen LogP contribution is 2.22. The summed E-state index contributed by atoms with van der Waals surface area (Å²) in [6.07, 6.45) is 0.187. The van der Waals surface area contributed by atoms with Crippen molar-refractivity contribution in [3.05, 3.63) is 28.8 Å². The molecule has 0 heterocycles. The lowest BCUT2D eigenvalue weighted by molar-refractivity contribution is 0.129. The van der Waals surface area contributed by atoms with Crippen molar-refractivity contribution >= 4 is 17.3 Å². The Hall–Kier alpha value is -0.730. The third-order valence-corrected chi connectivity index (χ3v) is 2.43. The number of nitrogens with one attached hydrogen (secondary N) is 1. The molecule has 14 heavy (non-hydrogen) atoms. The van der Waals surface area contributed by atoms with Crippen molar-refractivity contribution in [2.45, 2.75) is 20.0 Å². The lowest BCUT2D eigenvalue weighted by atomic mass is 10.2. The van der Waals surface area contributed by atoms with Crippen LogP contribution in [0.15, 0.2) is 18.2 Å². The molecule has 1 aromatic carbocycles. The summed E-state index contributed by atoms with van der Waals surface area (Å²) >= 11 is 6.02. The minimum absolute atomic E-state index is 0.187. The maximum atomic E-state index is 6.02. The van der Waals surface area contributed by atoms with Crippen LogP contribution in [-0.2, 0) is 4.74 Å². The summed E-state index contributed by atoms with van der Waals surface area (Å²) in [6, 6.07) is 5.93. The fourth-order valence-corrected chi connectivity index (χ4v) is 1.30. The van der Waals surface area contributed by atoms with Gasteiger partial charge in [0.15, 0.2) is 0 Å². The van der Waals surface area contributed by atoms with E-state index in [1.54, 1.807) is 7.11 Å². The van der Waals surface area contributed by atoms with E-state index in [1.165, 1.54) is 5.56 Å². The molecule has 0 radical (unpaired) electrons. The number of rotatable bonds is 4. The number of benzene rings is 1. The van der Waals surface area contributed by atoms with Gasteiger partial charge >= 0.3 is 0 Å². The van der Waals surface area contributed by atoms with Crippen molar-refractivity contribution in [1.29, 1.82) is 0 Å². The fourth-order valence-electron chi connectivity index (χ4n) is 1.11. The van der Waals surface area contributed by atoms with Crippen LogP contribution >= 0.6 is 11.6 Å². The van der Waals surface area contributed by atoms with Gasteiger partial charge in [0.05, 0.1) is 16.8 Å². The molecular formula is C11H16ClNO. The summed E-state index contributed by atoms with van der Waals surface area (Å²) in [5, 5.41) is 4.00. The molecule has 0 aliphatic rings. The topological polar surface area (TPSA) is 21.3 Å². The maximum absolute atomic E-state index is 6.02. The number of hydrogen-bond acceptors (Lipinski definition) is 2. The smallest absolute Gasteiger partial charge is 0.0715 e. The summed E-state index contributed by atoms with van der Waals surface area (Å²) in [4.78, 5) is 0. The Bertz CT molecular complexity index is 301. The van der Waals surface area contributed by atoms with Gasteiger partial charge in [-0.15, -0.1) is 0 Å². The highest BCUT2D eigenvalue weighted by Gasteiger charge is 2.02. The lowest BCUT2D eigenvalue weighted by Gasteiger charge is -2.13. The van der Waals surface area contributed by atoms with Crippen LogP contribution in [0.4, 0.5) is 5.69 Å². The van der Waals surface area contributed by atoms with Crippen LogP contribution in [0.3, 0.4) is 0 Å². The Kier molecular flexibility index (Phi) is 4.23. The summed E-state index contributed by atoms with van der Waals surface area (Å²) in [5.74, 6) is 0. The van der Waals surface area contributed by atoms with E-state index in [0.29, 0.717) is 0 Å². The van der Waals surface area contributed by atoms with Gasteiger partial charge in [-0.05, 0) is 31.5 Å². The third kappa shape index (κ3) is 3.20. The van der Waals surface area contributed by atoms with Crippen molar-refractivity contribution in [3.63, 3.8) is 0 Å². The van der Waals surface area contributed by atoms with E-state index in [4.69, 9.17) is 16.3 Å². The summed E-state index contributed by atoms with van der Waals surface area (Å²) in [6.45, 7) is 4.82. The molecule has 0 aliphatic carbocycles. The maximum Gasteiger partial charge on any atom is 0.0715 e. The van der Waals surface area contributed by atoms with Crippen LogP contribution in [0.5, 0.6) is 0 Å². The monoisotopic (exact) mass is 213 g/mol. The first-order valence-electron chi connectivity index (χ1n) is 4.66. The molecule has 2 nitrogen and oxygen atoms in total. The minimum atomic E-state index is 0.187. The highest BCUT2D eigenvalue weighted by atomic mass is 35.5. The molecular weight excluding hydrogens is 198 g/mol. The van der Waals surface area contributed by atoms with Gasteiger partial charge in [-0.25, -0.2) is 0 Å². The van der Waals surface area contributed by atoms with E-state index >= 15 is 0 Å². The predicted octanol–water partition coefficient (Wildman–Crippen LogP) is 3.10. The van der Waals surface area contributed by atoms with Crippen LogP contribution in [0, 0.1) is 6.92 Å². The first kappa shape index (κ1) is 11.3. The molecule has 0 amide bonds. The second-order valence-corrected chi connectivity index (χ2v) is 3.82. The van der Waals surface area contributed by atoms with Crippen LogP contribution in [0.25, 0.3) is 0 Å². The Morgan fingerprint density at radius 1 is 1.50 bits per heavy atom. The average molecular weight is 214 g/mol. The molecule has 1 N–H and O–H groups in total. The highest BCUT2D eigenvalue weighted by molar-refractivity contribution is 6.33. The molecule has 1 aromatic rings. The van der Waals surface area contributed by atoms with E-state index in [1.807, 2.05) is 32.0 Å². The van der Waals surface area contributed by atoms with Gasteiger partial charge in [-0.2, -0.15) is 0 Å². The van der Waals surface area contributed by atoms with E-state index in [2.05, 4.69) is 5.32 Å². The van der Waals surface area contributed by atoms with Crippen molar-refractivity contribution in [2.75, 3.05) is 19.0 Å². The van der Waals surface area contributed by atoms with Crippen LogP contribution < -0.4 is 5.32 Å². The predicted molar refractivity (Wildman–Crippen MR) is 61.1 cm³/mol. The zero-order chi connectivity index (χ0) is 10.6. The van der Waals surface area contributed by atoms with E-state index in [9.17, 15) is 0 Å². The summed E-state index contributed by atoms with van der Waals surface area (Å²) in [5.41, 5.74) is 2.16. The van der Waals surface area contributed by atoms with Crippen LogP contribution in [0.2, 0.25) is 5.02 Å². The quantitative estimate of drug-likeness (QED) is 0.830. The third-order valence-electron chi connectivity index (χ3n) is 2.10. The average Bonchev–Trinajstić information content (AvgIpc) is 2.19. The Morgan fingerprint density at radius 2 is 2.21 bits per heavy atom. The first-order chi connectivity index (χ1) is 6.63. The van der Waals surface area contributed by atoms with Gasteiger partial charge < -0.3 is 10.1 Å². The standard InChI is InChI=1S/C11H16ClNO/c1-8-4-5-10(12)11(6-8)13-7-9(2)14-3/h4-6,9,13H,7H2,1-3H3. The Morgan fingerprint density at radius 3 is 2.86 bits per heavy atom. The van der Waals surface area contributed by atoms with Crippen molar-refractivity contribution in [2.24, 2.45) is 0 Å². The fraction of sp³-hybridized carbons (Fsp3) is 0.455. The Balaban J connectivity index is 2.62. The van der Waals surface area contributed by atoms with Crippen LogP contribution in [0.1, 0.15) is 12.5 Å². The number of ether oxygens (including phenoxy) is 1. The summed E-state index contributed by atoms with van der Waals surface area (Å²) < 4.78 is 5.14. The molecule has 0 aromatic heterocycles. The van der Waals surface area contributed by atoms with Gasteiger partial charge in [-0.3, -0.25) is 0 Å². The number of hydrogen-bond donors (Lipinski definition) is 1. The Labute approximate surface area is 90.2 Å². The molecule has 1 unspecified atom stereocenters. The van der Waals surface area contributed by atoms with Gasteiger partial charge in [-0.1, -0.05) is 17.7 Å². The molecule has 0 bridgehead atoms. The second kappa shape index (κ2) is 5.23. The number of aryl methyl sites for hydroxylation is 1. The molecule has 78 valence electrons. The van der Waals surface area contributed by atoms with E-state index < -0.39 is 0 Å². The zero-order valence-electron chi connectivity index (χ0n) is 8.80.